The molecular weight excluding hydrogens is 384 g/mol. The van der Waals surface area contributed by atoms with E-state index in [4.69, 9.17) is 42.6 Å². The van der Waals surface area contributed by atoms with Gasteiger partial charge < -0.3 is 42.6 Å². The van der Waals surface area contributed by atoms with E-state index in [-0.39, 0.29) is 36.6 Å². The van der Waals surface area contributed by atoms with Gasteiger partial charge in [0.05, 0.1) is 12.2 Å². The van der Waals surface area contributed by atoms with Crippen molar-refractivity contribution in [2.75, 3.05) is 41.7 Å². The molecule has 0 aromatic rings. The molecule has 0 spiro atoms. The highest BCUT2D eigenvalue weighted by Crippen LogP contribution is 2.33. The Labute approximate surface area is 174 Å². The maximum Gasteiger partial charge on any atom is 0.189 e. The summed E-state index contributed by atoms with van der Waals surface area (Å²) in [5, 5.41) is 0. The van der Waals surface area contributed by atoms with E-state index in [0.29, 0.717) is 13.2 Å². The molecule has 0 aromatic heterocycles. The van der Waals surface area contributed by atoms with Crippen LogP contribution >= 0.6 is 0 Å². The van der Waals surface area contributed by atoms with Crippen LogP contribution < -0.4 is 0 Å². The molecule has 0 amide bonds. The molecule has 0 aliphatic carbocycles. The normalized spacial score (nSPS) is 43.4. The summed E-state index contributed by atoms with van der Waals surface area (Å²) in [4.78, 5) is 0. The molecule has 29 heavy (non-hydrogen) atoms. The lowest BCUT2D eigenvalue weighted by molar-refractivity contribution is -0.380. The molecule has 0 saturated carbocycles. The van der Waals surface area contributed by atoms with E-state index in [1.165, 1.54) is 0 Å². The van der Waals surface area contributed by atoms with Gasteiger partial charge in [-0.05, 0) is 27.7 Å². The van der Waals surface area contributed by atoms with E-state index in [9.17, 15) is 0 Å². The van der Waals surface area contributed by atoms with E-state index in [1.807, 2.05) is 27.7 Å². The molecule has 0 aromatic carbocycles. The Morgan fingerprint density at radius 2 is 0.897 bits per heavy atom. The van der Waals surface area contributed by atoms with E-state index < -0.39 is 24.8 Å². The van der Waals surface area contributed by atoms with Crippen molar-refractivity contribution in [2.45, 2.75) is 89.1 Å². The minimum atomic E-state index is -0.728. The van der Waals surface area contributed by atoms with Gasteiger partial charge in [0.15, 0.2) is 12.6 Å². The Kier molecular flexibility index (Phi) is 10.2. The lowest BCUT2D eigenvalue weighted by Gasteiger charge is -2.48. The van der Waals surface area contributed by atoms with Gasteiger partial charge in [-0.25, -0.2) is 0 Å². The van der Waals surface area contributed by atoms with Crippen molar-refractivity contribution in [1.29, 1.82) is 0 Å². The molecule has 2 saturated heterocycles. The zero-order valence-corrected chi connectivity index (χ0v) is 18.9. The lowest BCUT2D eigenvalue weighted by Crippen LogP contribution is -2.64. The topological polar surface area (TPSA) is 83.1 Å². The van der Waals surface area contributed by atoms with Gasteiger partial charge in [0.2, 0.25) is 0 Å². The van der Waals surface area contributed by atoms with Gasteiger partial charge >= 0.3 is 0 Å². The molecule has 9 heteroatoms. The molecule has 0 unspecified atom stereocenters. The zero-order chi connectivity index (χ0) is 21.6. The SMILES string of the molecule is CCO[C@@H]1[C@@H](OC)[C@H](C)O[C@H](O[C@H]2O[C@@H](C)[C@H](OC)[C@@H](OCC)[C@H]2OC)[C@@H]1OC. The first kappa shape index (κ1) is 24.9. The van der Waals surface area contributed by atoms with Crippen LogP contribution in [0, 0.1) is 0 Å². The average Bonchev–Trinajstić information content (AvgIpc) is 2.69. The summed E-state index contributed by atoms with van der Waals surface area (Å²) < 4.78 is 52.9. The first-order valence-corrected chi connectivity index (χ1v) is 10.3. The molecule has 0 bridgehead atoms. The van der Waals surface area contributed by atoms with E-state index in [2.05, 4.69) is 0 Å². The average molecular weight is 423 g/mol. The first-order chi connectivity index (χ1) is 14.0. The fourth-order valence-electron chi connectivity index (χ4n) is 4.21. The Hall–Kier alpha value is -0.360. The third kappa shape index (κ3) is 5.47. The van der Waals surface area contributed by atoms with Crippen molar-refractivity contribution in [3.8, 4) is 0 Å². The fraction of sp³-hybridized carbons (Fsp3) is 1.00. The molecular formula is C20H38O9. The summed E-state index contributed by atoms with van der Waals surface area (Å²) in [6.45, 7) is 8.74. The molecule has 9 nitrogen and oxygen atoms in total. The summed E-state index contributed by atoms with van der Waals surface area (Å²) in [7, 11) is 6.46. The van der Waals surface area contributed by atoms with Gasteiger partial charge in [0, 0.05) is 41.7 Å². The zero-order valence-electron chi connectivity index (χ0n) is 18.9. The van der Waals surface area contributed by atoms with Crippen LogP contribution in [0.3, 0.4) is 0 Å². The van der Waals surface area contributed by atoms with Crippen LogP contribution in [-0.2, 0) is 42.6 Å². The molecule has 2 aliphatic rings. The smallest absolute Gasteiger partial charge is 0.189 e. The third-order valence-electron chi connectivity index (χ3n) is 5.53. The van der Waals surface area contributed by atoms with Crippen LogP contribution in [0.1, 0.15) is 27.7 Å². The standard InChI is InChI=1S/C20H38O9/c1-9-25-15-13(21-5)11(3)27-19(17(15)23-7)29-20-18(24-8)16(26-10-2)14(22-6)12(4)28-20/h11-20H,9-10H2,1-8H3/t11-,12-,13-,14-,15+,16+,17+,18+,19+,20+/m0/s1. The summed E-state index contributed by atoms with van der Waals surface area (Å²) >= 11 is 0. The summed E-state index contributed by atoms with van der Waals surface area (Å²) in [5.41, 5.74) is 0. The highest BCUT2D eigenvalue weighted by molar-refractivity contribution is 4.94. The van der Waals surface area contributed by atoms with Gasteiger partial charge in [-0.1, -0.05) is 0 Å². The number of methoxy groups -OCH3 is 4. The summed E-state index contributed by atoms with van der Waals surface area (Å²) in [6.07, 6.45) is -4.23. The maximum absolute atomic E-state index is 6.25. The van der Waals surface area contributed by atoms with Crippen molar-refractivity contribution in [3.63, 3.8) is 0 Å². The predicted molar refractivity (Wildman–Crippen MR) is 104 cm³/mol. The number of rotatable bonds is 10. The van der Waals surface area contributed by atoms with E-state index in [0.717, 1.165) is 0 Å². The molecule has 2 rings (SSSR count). The number of hydrogen-bond donors (Lipinski definition) is 0. The molecule has 10 atom stereocenters. The van der Waals surface area contributed by atoms with Crippen molar-refractivity contribution < 1.29 is 42.6 Å². The maximum atomic E-state index is 6.25. The molecule has 2 heterocycles. The minimum absolute atomic E-state index is 0.260. The van der Waals surface area contributed by atoms with Gasteiger partial charge in [-0.3, -0.25) is 0 Å². The second kappa shape index (κ2) is 11.9. The third-order valence-corrected chi connectivity index (χ3v) is 5.53. The highest BCUT2D eigenvalue weighted by atomic mass is 16.8. The Balaban J connectivity index is 2.22. The minimum Gasteiger partial charge on any atom is -0.376 e. The molecule has 2 fully saturated rings. The van der Waals surface area contributed by atoms with Crippen molar-refractivity contribution in [3.05, 3.63) is 0 Å². The van der Waals surface area contributed by atoms with Crippen LogP contribution in [0.15, 0.2) is 0 Å². The lowest BCUT2D eigenvalue weighted by atomic mass is 9.97. The number of hydrogen-bond acceptors (Lipinski definition) is 9. The van der Waals surface area contributed by atoms with Crippen LogP contribution in [0.25, 0.3) is 0 Å². The van der Waals surface area contributed by atoms with Gasteiger partial charge in [0.25, 0.3) is 0 Å². The highest BCUT2D eigenvalue weighted by Gasteiger charge is 2.51. The Bertz CT molecular complexity index is 425. The van der Waals surface area contributed by atoms with Crippen LogP contribution in [0.4, 0.5) is 0 Å². The van der Waals surface area contributed by atoms with Gasteiger partial charge in [-0.2, -0.15) is 0 Å². The molecule has 2 aliphatic heterocycles. The van der Waals surface area contributed by atoms with E-state index >= 15 is 0 Å². The Morgan fingerprint density at radius 3 is 1.17 bits per heavy atom. The molecule has 172 valence electrons. The van der Waals surface area contributed by atoms with Crippen LogP contribution in [0.5, 0.6) is 0 Å². The molecule has 0 N–H and O–H groups in total. The second-order valence-electron chi connectivity index (χ2n) is 7.20. The fourth-order valence-corrected chi connectivity index (χ4v) is 4.21. The van der Waals surface area contributed by atoms with Crippen molar-refractivity contribution in [1.82, 2.24) is 0 Å². The monoisotopic (exact) mass is 422 g/mol. The number of ether oxygens (including phenoxy) is 9. The van der Waals surface area contributed by atoms with Crippen molar-refractivity contribution >= 4 is 0 Å². The quantitative estimate of drug-likeness (QED) is 0.518. The van der Waals surface area contributed by atoms with Crippen LogP contribution in [0.2, 0.25) is 0 Å². The second-order valence-corrected chi connectivity index (χ2v) is 7.20. The van der Waals surface area contributed by atoms with Gasteiger partial charge in [-0.15, -0.1) is 0 Å². The van der Waals surface area contributed by atoms with Crippen molar-refractivity contribution in [2.24, 2.45) is 0 Å². The summed E-state index contributed by atoms with van der Waals surface area (Å²) in [5.74, 6) is 0. The van der Waals surface area contributed by atoms with Crippen LogP contribution in [-0.4, -0.2) is 103 Å². The van der Waals surface area contributed by atoms with Gasteiger partial charge in [0.1, 0.15) is 36.6 Å². The summed E-state index contributed by atoms with van der Waals surface area (Å²) in [6, 6.07) is 0. The van der Waals surface area contributed by atoms with E-state index in [1.54, 1.807) is 28.4 Å². The first-order valence-electron chi connectivity index (χ1n) is 10.3. The largest absolute Gasteiger partial charge is 0.376 e. The Morgan fingerprint density at radius 1 is 0.552 bits per heavy atom. The predicted octanol–water partition coefficient (Wildman–Crippen LogP) is 1.36. The molecule has 0 radical (unpaired) electrons.